The smallest absolute Gasteiger partial charge is 0.326 e. The molecule has 22 heavy (non-hydrogen) atoms. The van der Waals surface area contributed by atoms with Gasteiger partial charge in [0.1, 0.15) is 6.54 Å². The highest BCUT2D eigenvalue weighted by Gasteiger charge is 2.15. The lowest BCUT2D eigenvalue weighted by molar-refractivity contribution is -0.143. The summed E-state index contributed by atoms with van der Waals surface area (Å²) in [4.78, 5) is 28.1. The van der Waals surface area contributed by atoms with E-state index in [4.69, 9.17) is 16.3 Å². The van der Waals surface area contributed by atoms with Crippen LogP contribution in [0.4, 0.5) is 0 Å². The highest BCUT2D eigenvalue weighted by molar-refractivity contribution is 7.16. The van der Waals surface area contributed by atoms with Gasteiger partial charge in [0.2, 0.25) is 5.91 Å². The minimum Gasteiger partial charge on any atom is -0.465 e. The van der Waals surface area contributed by atoms with Crippen LogP contribution in [0.15, 0.2) is 17.1 Å². The molecule has 118 valence electrons. The largest absolute Gasteiger partial charge is 0.465 e. The van der Waals surface area contributed by atoms with E-state index in [1.807, 2.05) is 13.0 Å². The minimum atomic E-state index is -0.369. The summed E-state index contributed by atoms with van der Waals surface area (Å²) in [7, 11) is 0. The van der Waals surface area contributed by atoms with Crippen molar-refractivity contribution in [3.63, 3.8) is 0 Å². The van der Waals surface area contributed by atoms with Crippen LogP contribution in [0.3, 0.4) is 0 Å². The second-order valence-corrected chi connectivity index (χ2v) is 6.07. The maximum Gasteiger partial charge on any atom is 0.326 e. The zero-order valence-corrected chi connectivity index (χ0v) is 14.3. The summed E-state index contributed by atoms with van der Waals surface area (Å²) in [6.45, 7) is 5.69. The molecule has 7 heteroatoms. The third kappa shape index (κ3) is 3.39. The third-order valence-corrected chi connectivity index (χ3v) is 4.60. The molecule has 1 aromatic heterocycles. The van der Waals surface area contributed by atoms with Gasteiger partial charge >= 0.3 is 5.97 Å². The van der Waals surface area contributed by atoms with Crippen molar-refractivity contribution in [1.29, 1.82) is 0 Å². The molecular formula is C15H17ClN2O3S. The van der Waals surface area contributed by atoms with Crippen LogP contribution in [-0.2, 0) is 20.9 Å². The van der Waals surface area contributed by atoms with Gasteiger partial charge in [-0.2, -0.15) is 4.99 Å². The zero-order chi connectivity index (χ0) is 16.3. The average molecular weight is 341 g/mol. The van der Waals surface area contributed by atoms with Gasteiger partial charge < -0.3 is 9.30 Å². The molecule has 0 radical (unpaired) electrons. The molecule has 0 aliphatic rings. The van der Waals surface area contributed by atoms with Gasteiger partial charge in [0.15, 0.2) is 4.80 Å². The van der Waals surface area contributed by atoms with E-state index in [1.54, 1.807) is 24.5 Å². The molecule has 5 nitrogen and oxygen atoms in total. The molecule has 1 heterocycles. The Labute approximate surface area is 137 Å². The highest BCUT2D eigenvalue weighted by Crippen LogP contribution is 2.27. The number of thiazole rings is 1. The Morgan fingerprint density at radius 2 is 2.09 bits per heavy atom. The number of ether oxygens (including phenoxy) is 1. The van der Waals surface area contributed by atoms with Crippen LogP contribution in [0.25, 0.3) is 10.2 Å². The van der Waals surface area contributed by atoms with Crippen molar-refractivity contribution < 1.29 is 14.3 Å². The minimum absolute atomic E-state index is 0.00481. The van der Waals surface area contributed by atoms with Gasteiger partial charge in [0.25, 0.3) is 0 Å². The van der Waals surface area contributed by atoms with Crippen molar-refractivity contribution in [2.75, 3.05) is 6.61 Å². The Morgan fingerprint density at radius 1 is 1.36 bits per heavy atom. The van der Waals surface area contributed by atoms with Gasteiger partial charge in [-0.3, -0.25) is 9.59 Å². The van der Waals surface area contributed by atoms with E-state index in [1.165, 1.54) is 11.3 Å². The number of benzene rings is 1. The molecule has 0 atom stereocenters. The van der Waals surface area contributed by atoms with E-state index in [9.17, 15) is 9.59 Å². The fourth-order valence-electron chi connectivity index (χ4n) is 2.07. The van der Waals surface area contributed by atoms with Crippen molar-refractivity contribution in [2.45, 2.75) is 33.7 Å². The molecule has 0 saturated heterocycles. The molecule has 0 saturated carbocycles. The number of carbonyl (C=O) groups is 2. The van der Waals surface area contributed by atoms with Crippen LogP contribution < -0.4 is 4.80 Å². The van der Waals surface area contributed by atoms with Gasteiger partial charge in [-0.15, -0.1) is 0 Å². The van der Waals surface area contributed by atoms with E-state index in [2.05, 4.69) is 4.99 Å². The van der Waals surface area contributed by atoms with Crippen molar-refractivity contribution in [2.24, 2.45) is 4.99 Å². The van der Waals surface area contributed by atoms with Crippen LogP contribution in [0, 0.1) is 6.92 Å². The third-order valence-electron chi connectivity index (χ3n) is 3.15. The topological polar surface area (TPSA) is 60.7 Å². The summed E-state index contributed by atoms with van der Waals surface area (Å²) in [5.74, 6) is -0.597. The van der Waals surface area contributed by atoms with Gasteiger partial charge in [0, 0.05) is 11.4 Å². The molecule has 2 aromatic rings. The number of aromatic nitrogens is 1. The summed E-state index contributed by atoms with van der Waals surface area (Å²) in [5.41, 5.74) is 1.67. The number of fused-ring (bicyclic) bond motifs is 1. The number of esters is 1. The fraction of sp³-hybridized carbons (Fsp3) is 0.400. The first kappa shape index (κ1) is 16.7. The normalized spacial score (nSPS) is 11.9. The van der Waals surface area contributed by atoms with Crippen molar-refractivity contribution in [1.82, 2.24) is 4.57 Å². The zero-order valence-electron chi connectivity index (χ0n) is 12.7. The Morgan fingerprint density at radius 3 is 2.73 bits per heavy atom. The molecule has 0 spiro atoms. The van der Waals surface area contributed by atoms with Crippen LogP contribution in [0.1, 0.15) is 25.8 Å². The lowest BCUT2D eigenvalue weighted by Crippen LogP contribution is -2.23. The number of amides is 1. The molecule has 0 unspecified atom stereocenters. The first-order chi connectivity index (χ1) is 10.5. The number of halogens is 1. The molecule has 0 bridgehead atoms. The van der Waals surface area contributed by atoms with E-state index >= 15 is 0 Å². The summed E-state index contributed by atoms with van der Waals surface area (Å²) >= 11 is 7.54. The van der Waals surface area contributed by atoms with E-state index in [0.717, 1.165) is 15.8 Å². The maximum atomic E-state index is 11.9. The van der Waals surface area contributed by atoms with E-state index in [-0.39, 0.29) is 18.4 Å². The van der Waals surface area contributed by atoms with E-state index in [0.29, 0.717) is 22.9 Å². The number of rotatable bonds is 4. The van der Waals surface area contributed by atoms with Gasteiger partial charge in [0.05, 0.1) is 16.8 Å². The van der Waals surface area contributed by atoms with Crippen LogP contribution in [0.2, 0.25) is 5.02 Å². The predicted molar refractivity (Wildman–Crippen MR) is 87.1 cm³/mol. The quantitative estimate of drug-likeness (QED) is 0.804. The molecular weight excluding hydrogens is 324 g/mol. The van der Waals surface area contributed by atoms with Crippen LogP contribution in [0.5, 0.6) is 0 Å². The first-order valence-electron chi connectivity index (χ1n) is 6.99. The molecule has 1 aromatic carbocycles. The highest BCUT2D eigenvalue weighted by atomic mass is 35.5. The number of hydrogen-bond acceptors (Lipinski definition) is 4. The lowest BCUT2D eigenvalue weighted by atomic mass is 10.2. The van der Waals surface area contributed by atoms with Crippen LogP contribution in [-0.4, -0.2) is 23.1 Å². The standard InChI is InChI=1S/C15H17ClN2O3S/c1-4-12(19)17-15-18(8-13(20)21-5-2)14-9(3)10(16)6-7-11(14)22-15/h6-7H,4-5,8H2,1-3H3. The predicted octanol–water partition coefficient (Wildman–Crippen LogP) is 3.07. The Bertz CT molecular complexity index is 792. The molecule has 0 aliphatic carbocycles. The SMILES string of the molecule is CCOC(=O)Cn1c(=NC(=O)CC)sc2ccc(Cl)c(C)c21. The number of nitrogens with zero attached hydrogens (tertiary/aromatic N) is 2. The fourth-order valence-corrected chi connectivity index (χ4v) is 3.33. The summed E-state index contributed by atoms with van der Waals surface area (Å²) < 4.78 is 7.63. The monoisotopic (exact) mass is 340 g/mol. The van der Waals surface area contributed by atoms with E-state index < -0.39 is 0 Å². The second kappa shape index (κ2) is 7.07. The maximum absolute atomic E-state index is 11.9. The van der Waals surface area contributed by atoms with Gasteiger partial charge in [-0.25, -0.2) is 0 Å². The van der Waals surface area contributed by atoms with Crippen molar-refractivity contribution in [3.8, 4) is 0 Å². The molecule has 2 rings (SSSR count). The molecule has 1 amide bonds. The van der Waals surface area contributed by atoms with Crippen molar-refractivity contribution in [3.05, 3.63) is 27.5 Å². The lowest BCUT2D eigenvalue weighted by Gasteiger charge is -2.07. The summed E-state index contributed by atoms with van der Waals surface area (Å²) in [5, 5.41) is 0.608. The Kier molecular flexibility index (Phi) is 5.37. The number of hydrogen-bond donors (Lipinski definition) is 0. The Balaban J connectivity index is 2.68. The number of aryl methyl sites for hydroxylation is 1. The number of carbonyl (C=O) groups excluding carboxylic acids is 2. The molecule has 0 aliphatic heterocycles. The summed E-state index contributed by atoms with van der Waals surface area (Å²) in [6, 6.07) is 3.67. The first-order valence-corrected chi connectivity index (χ1v) is 8.19. The van der Waals surface area contributed by atoms with Gasteiger partial charge in [-0.05, 0) is 31.5 Å². The van der Waals surface area contributed by atoms with Crippen molar-refractivity contribution >= 4 is 45.0 Å². The van der Waals surface area contributed by atoms with Gasteiger partial charge in [-0.1, -0.05) is 29.9 Å². The Hall–Kier alpha value is -1.66. The van der Waals surface area contributed by atoms with Crippen LogP contribution >= 0.6 is 22.9 Å². The summed E-state index contributed by atoms with van der Waals surface area (Å²) in [6.07, 6.45) is 0.313. The molecule has 0 N–H and O–H groups in total. The average Bonchev–Trinajstić information content (AvgIpc) is 2.81. The second-order valence-electron chi connectivity index (χ2n) is 4.65. The molecule has 0 fully saturated rings.